The predicted octanol–water partition coefficient (Wildman–Crippen LogP) is 3.36. The maximum atomic E-state index is 12.5. The molecule has 0 unspecified atom stereocenters. The third kappa shape index (κ3) is 5.37. The Bertz CT molecular complexity index is 951. The van der Waals surface area contributed by atoms with Gasteiger partial charge in [-0.2, -0.15) is 4.31 Å². The minimum absolute atomic E-state index is 0.186. The lowest BCUT2D eigenvalue weighted by Gasteiger charge is -2.18. The second-order valence-corrected chi connectivity index (χ2v) is 9.26. The van der Waals surface area contributed by atoms with Crippen molar-refractivity contribution in [3.8, 4) is 5.88 Å². The summed E-state index contributed by atoms with van der Waals surface area (Å²) >= 11 is 0. The molecule has 1 amide bonds. The van der Waals surface area contributed by atoms with E-state index in [1.54, 1.807) is 20.0 Å². The summed E-state index contributed by atoms with van der Waals surface area (Å²) in [5.41, 5.74) is 1.30. The van der Waals surface area contributed by atoms with E-state index in [1.165, 1.54) is 41.4 Å². The van der Waals surface area contributed by atoms with Crippen LogP contribution in [0.4, 0.5) is 0 Å². The molecular weight excluding hydrogens is 402 g/mol. The summed E-state index contributed by atoms with van der Waals surface area (Å²) < 4.78 is 32.4. The number of carbonyl (C=O) groups excluding carboxylic acids is 1. The van der Waals surface area contributed by atoms with Gasteiger partial charge in [-0.1, -0.05) is 13.8 Å². The Hall–Kier alpha value is -2.45. The van der Waals surface area contributed by atoms with Crippen LogP contribution in [0.2, 0.25) is 0 Å². The number of amides is 1. The van der Waals surface area contributed by atoms with Gasteiger partial charge in [0.1, 0.15) is 6.10 Å². The molecule has 3 rings (SSSR count). The van der Waals surface area contributed by atoms with Crippen molar-refractivity contribution in [1.29, 1.82) is 0 Å². The summed E-state index contributed by atoms with van der Waals surface area (Å²) in [7, 11) is -3.53. The Balaban J connectivity index is 1.60. The molecule has 30 heavy (non-hydrogen) atoms. The van der Waals surface area contributed by atoms with Gasteiger partial charge in [0.25, 0.3) is 5.91 Å². The van der Waals surface area contributed by atoms with E-state index in [2.05, 4.69) is 10.3 Å². The maximum absolute atomic E-state index is 12.5. The molecule has 0 saturated heterocycles. The van der Waals surface area contributed by atoms with E-state index >= 15 is 0 Å². The number of benzene rings is 1. The lowest BCUT2D eigenvalue weighted by molar-refractivity contribution is 0.0950. The average molecular weight is 432 g/mol. The fraction of sp³-hybridized carbons (Fsp3) is 0.455. The first-order chi connectivity index (χ1) is 14.4. The van der Waals surface area contributed by atoms with Crippen molar-refractivity contribution in [2.24, 2.45) is 0 Å². The molecule has 0 atom stereocenters. The van der Waals surface area contributed by atoms with Gasteiger partial charge >= 0.3 is 0 Å². The lowest BCUT2D eigenvalue weighted by atomic mass is 10.2. The number of rotatable bonds is 9. The van der Waals surface area contributed by atoms with Gasteiger partial charge in [-0.15, -0.1) is 0 Å². The van der Waals surface area contributed by atoms with Crippen LogP contribution in [0.1, 0.15) is 55.5 Å². The summed E-state index contributed by atoms with van der Waals surface area (Å²) in [6, 6.07) is 9.70. The topological polar surface area (TPSA) is 88.6 Å². The smallest absolute Gasteiger partial charge is 0.251 e. The monoisotopic (exact) mass is 431 g/mol. The molecule has 0 spiro atoms. The zero-order valence-corrected chi connectivity index (χ0v) is 18.3. The fourth-order valence-electron chi connectivity index (χ4n) is 3.58. The Morgan fingerprint density at radius 2 is 1.80 bits per heavy atom. The number of pyridine rings is 1. The number of nitrogens with zero attached hydrogens (tertiary/aromatic N) is 2. The number of ether oxygens (including phenoxy) is 1. The van der Waals surface area contributed by atoms with Gasteiger partial charge in [-0.05, 0) is 61.6 Å². The van der Waals surface area contributed by atoms with Crippen molar-refractivity contribution in [2.45, 2.75) is 57.1 Å². The van der Waals surface area contributed by atoms with E-state index in [9.17, 15) is 13.2 Å². The Labute approximate surface area is 178 Å². The number of hydrogen-bond acceptors (Lipinski definition) is 5. The van der Waals surface area contributed by atoms with Gasteiger partial charge in [0.05, 0.1) is 4.90 Å². The molecule has 0 aliphatic heterocycles. The SMILES string of the molecule is CCN(CC)S(=O)(=O)c1ccc(C(=O)NCc2ccnc(OC3CCCC3)c2)cc1. The van der Waals surface area contributed by atoms with Crippen LogP contribution in [-0.4, -0.2) is 42.8 Å². The van der Waals surface area contributed by atoms with Crippen molar-refractivity contribution in [3.63, 3.8) is 0 Å². The molecule has 1 aromatic carbocycles. The maximum Gasteiger partial charge on any atom is 0.251 e. The molecule has 1 aliphatic carbocycles. The van der Waals surface area contributed by atoms with E-state index in [-0.39, 0.29) is 16.9 Å². The van der Waals surface area contributed by atoms with Gasteiger partial charge < -0.3 is 10.1 Å². The molecule has 1 aromatic heterocycles. The highest BCUT2D eigenvalue weighted by Gasteiger charge is 2.21. The second kappa shape index (κ2) is 10.0. The minimum atomic E-state index is -3.53. The zero-order chi connectivity index (χ0) is 21.6. The normalized spacial score (nSPS) is 14.8. The largest absolute Gasteiger partial charge is 0.474 e. The molecule has 0 bridgehead atoms. The number of carbonyl (C=O) groups is 1. The summed E-state index contributed by atoms with van der Waals surface area (Å²) in [6.07, 6.45) is 6.41. The van der Waals surface area contributed by atoms with Crippen LogP contribution in [-0.2, 0) is 16.6 Å². The minimum Gasteiger partial charge on any atom is -0.474 e. The van der Waals surface area contributed by atoms with E-state index in [4.69, 9.17) is 4.74 Å². The number of hydrogen-bond donors (Lipinski definition) is 1. The van der Waals surface area contributed by atoms with Crippen LogP contribution in [0.3, 0.4) is 0 Å². The number of sulfonamides is 1. The molecule has 2 aromatic rings. The van der Waals surface area contributed by atoms with Crippen LogP contribution in [0.25, 0.3) is 0 Å². The molecule has 0 radical (unpaired) electrons. The Morgan fingerprint density at radius 1 is 1.13 bits per heavy atom. The van der Waals surface area contributed by atoms with Crippen LogP contribution in [0, 0.1) is 0 Å². The molecule has 1 saturated carbocycles. The molecule has 7 nitrogen and oxygen atoms in total. The number of nitrogens with one attached hydrogen (secondary N) is 1. The third-order valence-corrected chi connectivity index (χ3v) is 7.37. The summed E-state index contributed by atoms with van der Waals surface area (Å²) in [6.45, 7) is 4.74. The van der Waals surface area contributed by atoms with Crippen molar-refractivity contribution >= 4 is 15.9 Å². The van der Waals surface area contributed by atoms with Crippen LogP contribution >= 0.6 is 0 Å². The average Bonchev–Trinajstić information content (AvgIpc) is 3.26. The first kappa shape index (κ1) is 22.2. The highest BCUT2D eigenvalue weighted by atomic mass is 32.2. The van der Waals surface area contributed by atoms with Gasteiger partial charge in [0.15, 0.2) is 0 Å². The fourth-order valence-corrected chi connectivity index (χ4v) is 5.04. The standard InChI is InChI=1S/C22H29N3O4S/c1-3-25(4-2)30(27,28)20-11-9-18(10-12-20)22(26)24-16-17-13-14-23-21(15-17)29-19-7-5-6-8-19/h9-15,19H,3-8,16H2,1-2H3,(H,24,26). The van der Waals surface area contributed by atoms with Crippen molar-refractivity contribution in [3.05, 3.63) is 53.7 Å². The van der Waals surface area contributed by atoms with Crippen LogP contribution in [0.5, 0.6) is 5.88 Å². The lowest BCUT2D eigenvalue weighted by Crippen LogP contribution is -2.30. The highest BCUT2D eigenvalue weighted by molar-refractivity contribution is 7.89. The van der Waals surface area contributed by atoms with Gasteiger partial charge in [0.2, 0.25) is 15.9 Å². The molecule has 1 heterocycles. The van der Waals surface area contributed by atoms with E-state index in [0.717, 1.165) is 18.4 Å². The zero-order valence-electron chi connectivity index (χ0n) is 17.5. The third-order valence-electron chi connectivity index (χ3n) is 5.30. The molecular formula is C22H29N3O4S. The molecule has 1 fully saturated rings. The van der Waals surface area contributed by atoms with E-state index < -0.39 is 10.0 Å². The Kier molecular flexibility index (Phi) is 7.44. The van der Waals surface area contributed by atoms with Crippen molar-refractivity contribution in [2.75, 3.05) is 13.1 Å². The molecule has 1 N–H and O–H groups in total. The van der Waals surface area contributed by atoms with E-state index in [1.807, 2.05) is 12.1 Å². The van der Waals surface area contributed by atoms with Crippen LogP contribution in [0.15, 0.2) is 47.5 Å². The summed E-state index contributed by atoms with van der Waals surface area (Å²) in [4.78, 5) is 16.9. The molecule has 1 aliphatic rings. The highest BCUT2D eigenvalue weighted by Crippen LogP contribution is 2.23. The number of aromatic nitrogens is 1. The first-order valence-corrected chi connectivity index (χ1v) is 11.9. The molecule has 162 valence electrons. The van der Waals surface area contributed by atoms with Gasteiger partial charge in [-0.3, -0.25) is 4.79 Å². The van der Waals surface area contributed by atoms with Crippen molar-refractivity contribution in [1.82, 2.24) is 14.6 Å². The Morgan fingerprint density at radius 3 is 2.43 bits per heavy atom. The van der Waals surface area contributed by atoms with Crippen LogP contribution < -0.4 is 10.1 Å². The van der Waals surface area contributed by atoms with Crippen molar-refractivity contribution < 1.29 is 17.9 Å². The summed E-state index contributed by atoms with van der Waals surface area (Å²) in [5, 5.41) is 2.86. The van der Waals surface area contributed by atoms with Gasteiger partial charge in [-0.25, -0.2) is 13.4 Å². The van der Waals surface area contributed by atoms with Gasteiger partial charge in [0, 0.05) is 37.5 Å². The molecule has 8 heteroatoms. The summed E-state index contributed by atoms with van der Waals surface area (Å²) in [5.74, 6) is 0.316. The predicted molar refractivity (Wildman–Crippen MR) is 115 cm³/mol. The van der Waals surface area contributed by atoms with E-state index in [0.29, 0.717) is 31.1 Å². The quantitative estimate of drug-likeness (QED) is 0.658. The first-order valence-electron chi connectivity index (χ1n) is 10.4. The second-order valence-electron chi connectivity index (χ2n) is 7.32.